The first-order valence-corrected chi connectivity index (χ1v) is 4.28. The monoisotopic (exact) mass is 199 g/mol. The number of rotatable bonds is 4. The molecule has 1 aliphatic rings. The van der Waals surface area contributed by atoms with E-state index in [0.29, 0.717) is 18.9 Å². The number of hydrogen-bond donors (Lipinski definition) is 2. The van der Waals surface area contributed by atoms with Crippen LogP contribution in [0.1, 0.15) is 0 Å². The van der Waals surface area contributed by atoms with E-state index < -0.39 is 0 Å². The Labute approximate surface area is 82.6 Å². The zero-order valence-corrected chi connectivity index (χ0v) is 8.36. The second-order valence-electron chi connectivity index (χ2n) is 2.98. The van der Waals surface area contributed by atoms with Gasteiger partial charge in [-0.1, -0.05) is 9.80 Å². The third kappa shape index (κ3) is 2.38. The Bertz CT molecular complexity index is 287. The van der Waals surface area contributed by atoms with Gasteiger partial charge in [-0.15, -0.1) is 5.84 Å². The van der Waals surface area contributed by atoms with Crippen LogP contribution in [0.5, 0.6) is 0 Å². The van der Waals surface area contributed by atoms with Crippen molar-refractivity contribution in [2.75, 3.05) is 27.3 Å². The quantitative estimate of drug-likeness (QED) is 0.448. The summed E-state index contributed by atoms with van der Waals surface area (Å²) in [5.74, 6) is 5.60. The molecule has 6 nitrogen and oxygen atoms in total. The fourth-order valence-corrected chi connectivity index (χ4v) is 1.08. The van der Waals surface area contributed by atoms with Crippen molar-refractivity contribution < 1.29 is 14.2 Å². The van der Waals surface area contributed by atoms with Gasteiger partial charge >= 0.3 is 0 Å². The molecular weight excluding hydrogens is 184 g/mol. The van der Waals surface area contributed by atoms with Crippen LogP contribution >= 0.6 is 0 Å². The average Bonchev–Trinajstić information content (AvgIpc) is 2.57. The van der Waals surface area contributed by atoms with Gasteiger partial charge in [-0.25, -0.2) is 0 Å². The zero-order chi connectivity index (χ0) is 10.6. The van der Waals surface area contributed by atoms with Crippen LogP contribution in [-0.2, 0) is 9.53 Å². The molecule has 0 aromatic heterocycles. The molecule has 0 fully saturated rings. The third-order valence-corrected chi connectivity index (χ3v) is 1.90. The molecule has 1 atom stereocenters. The maximum Gasteiger partial charge on any atom is 0.275 e. The smallest absolute Gasteiger partial charge is 0.275 e. The highest BCUT2D eigenvalue weighted by molar-refractivity contribution is 6.43. The summed E-state index contributed by atoms with van der Waals surface area (Å²) in [6, 6.07) is 0. The summed E-state index contributed by atoms with van der Waals surface area (Å²) in [6.45, 7) is 0.999. The summed E-state index contributed by atoms with van der Waals surface area (Å²) in [6.07, 6.45) is 3.26. The van der Waals surface area contributed by atoms with Crippen LogP contribution in [0.2, 0.25) is 0 Å². The molecule has 0 bridgehead atoms. The molecule has 1 rings (SSSR count). The first kappa shape index (κ1) is 10.8. The van der Waals surface area contributed by atoms with Crippen molar-refractivity contribution in [2.24, 2.45) is 10.9 Å². The Kier molecular flexibility index (Phi) is 3.34. The van der Waals surface area contributed by atoms with Crippen molar-refractivity contribution in [3.63, 3.8) is 0 Å². The van der Waals surface area contributed by atoms with E-state index in [-0.39, 0.29) is 10.6 Å². The molecule has 0 spiro atoms. The van der Waals surface area contributed by atoms with Gasteiger partial charge in [-0.05, 0) is 0 Å². The fourth-order valence-electron chi connectivity index (χ4n) is 1.08. The standard InChI is InChI=1S/C8H14N4O2/c1-10-8(13)7-3-4-12(9,11-7)5-6-14-2/h3-4H,5-6,9H2,1-2H3/p+1. The molecule has 0 saturated carbocycles. The molecule has 0 saturated heterocycles. The zero-order valence-electron chi connectivity index (χ0n) is 8.36. The molecule has 1 heterocycles. The van der Waals surface area contributed by atoms with Gasteiger partial charge in [0.2, 0.25) is 0 Å². The van der Waals surface area contributed by atoms with E-state index in [2.05, 4.69) is 10.4 Å². The second kappa shape index (κ2) is 4.32. The second-order valence-corrected chi connectivity index (χ2v) is 2.98. The predicted octanol–water partition coefficient (Wildman–Crippen LogP) is -1.05. The highest BCUT2D eigenvalue weighted by Gasteiger charge is 2.28. The first-order chi connectivity index (χ1) is 6.61. The number of nitrogens with one attached hydrogen (secondary N) is 1. The first-order valence-electron chi connectivity index (χ1n) is 4.28. The Balaban J connectivity index is 2.65. The number of methoxy groups -OCH3 is 1. The number of carbonyl (C=O) groups is 1. The molecule has 1 aliphatic heterocycles. The molecule has 0 aliphatic carbocycles. The van der Waals surface area contributed by atoms with Crippen molar-refractivity contribution in [3.8, 4) is 0 Å². The predicted molar refractivity (Wildman–Crippen MR) is 51.8 cm³/mol. The number of carbonyl (C=O) groups excluding carboxylic acids is 1. The summed E-state index contributed by atoms with van der Waals surface area (Å²) in [5.41, 5.74) is 0.339. The summed E-state index contributed by atoms with van der Waals surface area (Å²) in [5, 5.41) is 6.54. The lowest BCUT2D eigenvalue weighted by Crippen LogP contribution is -2.46. The molecule has 78 valence electrons. The number of hydrogen-bond acceptors (Lipinski definition) is 4. The van der Waals surface area contributed by atoms with Crippen LogP contribution in [0.3, 0.4) is 0 Å². The van der Waals surface area contributed by atoms with Crippen LogP contribution < -0.4 is 11.2 Å². The highest BCUT2D eigenvalue weighted by atomic mass is 16.5. The van der Waals surface area contributed by atoms with Crippen molar-refractivity contribution in [1.82, 2.24) is 5.32 Å². The van der Waals surface area contributed by atoms with Gasteiger partial charge in [0.25, 0.3) is 5.91 Å². The summed E-state index contributed by atoms with van der Waals surface area (Å²) in [4.78, 5) is 11.2. The maximum absolute atomic E-state index is 11.2. The molecule has 1 amide bonds. The van der Waals surface area contributed by atoms with Crippen LogP contribution in [-0.4, -0.2) is 43.6 Å². The Morgan fingerprint density at radius 3 is 3.07 bits per heavy atom. The lowest BCUT2D eigenvalue weighted by Gasteiger charge is -2.17. The summed E-state index contributed by atoms with van der Waals surface area (Å²) in [7, 11) is 3.15. The number of amides is 1. The molecule has 0 aromatic carbocycles. The van der Waals surface area contributed by atoms with E-state index in [9.17, 15) is 4.79 Å². The highest BCUT2D eigenvalue weighted by Crippen LogP contribution is 2.09. The van der Waals surface area contributed by atoms with E-state index >= 15 is 0 Å². The van der Waals surface area contributed by atoms with Gasteiger partial charge in [0, 0.05) is 20.2 Å². The van der Waals surface area contributed by atoms with Crippen LogP contribution in [0.4, 0.5) is 0 Å². The third-order valence-electron chi connectivity index (χ3n) is 1.90. The summed E-state index contributed by atoms with van der Waals surface area (Å²) < 4.78 is 4.76. The Hall–Kier alpha value is -1.24. The average molecular weight is 199 g/mol. The van der Waals surface area contributed by atoms with Gasteiger partial charge in [0.1, 0.15) is 6.20 Å². The lowest BCUT2D eigenvalue weighted by atomic mass is 10.3. The molecule has 3 N–H and O–H groups in total. The van der Waals surface area contributed by atoms with Crippen molar-refractivity contribution in [3.05, 3.63) is 12.3 Å². The SMILES string of the molecule is CNC(=O)C1=N[N+](N)(CCOC)C=C1. The summed E-state index contributed by atoms with van der Waals surface area (Å²) >= 11 is 0. The topological polar surface area (TPSA) is 76.7 Å². The van der Waals surface area contributed by atoms with Gasteiger partial charge in [-0.2, -0.15) is 0 Å². The van der Waals surface area contributed by atoms with Crippen LogP contribution in [0, 0.1) is 0 Å². The molecule has 0 aromatic rings. The Morgan fingerprint density at radius 1 is 1.79 bits per heavy atom. The van der Waals surface area contributed by atoms with Gasteiger partial charge in [0.05, 0.1) is 6.61 Å². The molecule has 6 heteroatoms. The largest absolute Gasteiger partial charge is 0.379 e. The van der Waals surface area contributed by atoms with E-state index in [0.717, 1.165) is 0 Å². The number of ether oxygens (including phenoxy) is 1. The lowest BCUT2D eigenvalue weighted by molar-refractivity contribution is -0.896. The molecule has 0 radical (unpaired) electrons. The Morgan fingerprint density at radius 2 is 2.50 bits per heavy atom. The van der Waals surface area contributed by atoms with Gasteiger partial charge in [0.15, 0.2) is 12.3 Å². The van der Waals surface area contributed by atoms with Gasteiger partial charge < -0.3 is 10.1 Å². The van der Waals surface area contributed by atoms with Crippen LogP contribution in [0.15, 0.2) is 17.4 Å². The van der Waals surface area contributed by atoms with Crippen LogP contribution in [0.25, 0.3) is 0 Å². The number of nitrogens with zero attached hydrogens (tertiary/aromatic N) is 2. The minimum absolute atomic E-state index is 0.128. The van der Waals surface area contributed by atoms with E-state index in [1.54, 1.807) is 26.4 Å². The van der Waals surface area contributed by atoms with Crippen molar-refractivity contribution in [1.29, 1.82) is 0 Å². The van der Waals surface area contributed by atoms with E-state index in [1.165, 1.54) is 0 Å². The molecular formula is C8H15N4O2+. The number of quaternary nitrogens is 1. The molecule has 14 heavy (non-hydrogen) atoms. The van der Waals surface area contributed by atoms with Gasteiger partial charge in [-0.3, -0.25) is 4.79 Å². The van der Waals surface area contributed by atoms with Crippen molar-refractivity contribution in [2.45, 2.75) is 0 Å². The number of nitrogens with two attached hydrogens (primary N) is 1. The van der Waals surface area contributed by atoms with E-state index in [4.69, 9.17) is 10.6 Å². The fraction of sp³-hybridized carbons (Fsp3) is 0.500. The minimum atomic E-state index is -0.232. The van der Waals surface area contributed by atoms with E-state index in [1.807, 2.05) is 0 Å². The molecule has 1 unspecified atom stereocenters. The normalized spacial score (nSPS) is 24.9. The minimum Gasteiger partial charge on any atom is -0.379 e. The van der Waals surface area contributed by atoms with Crippen molar-refractivity contribution >= 4 is 11.6 Å². The maximum atomic E-state index is 11.2.